The van der Waals surface area contributed by atoms with Crippen LogP contribution in [0.4, 0.5) is 0 Å². The van der Waals surface area contributed by atoms with Gasteiger partial charge in [0, 0.05) is 5.92 Å². The highest BCUT2D eigenvalue weighted by molar-refractivity contribution is 5.83. The fraction of sp³-hybridized carbons (Fsp3) is 0.533. The lowest BCUT2D eigenvalue weighted by Gasteiger charge is -2.20. The second-order valence-corrected chi connectivity index (χ2v) is 4.83. The summed E-state index contributed by atoms with van der Waals surface area (Å²) in [7, 11) is 0. The zero-order chi connectivity index (χ0) is 11.9. The summed E-state index contributed by atoms with van der Waals surface area (Å²) >= 11 is 0. The van der Waals surface area contributed by atoms with Gasteiger partial charge in [0.1, 0.15) is 6.61 Å². The molecule has 0 unspecified atom stereocenters. The highest BCUT2D eigenvalue weighted by Crippen LogP contribution is 2.24. The lowest BCUT2D eigenvalue weighted by Crippen LogP contribution is -2.15. The predicted octanol–water partition coefficient (Wildman–Crippen LogP) is 4.16. The van der Waals surface area contributed by atoms with Gasteiger partial charge in [-0.15, -0.1) is 0 Å². The van der Waals surface area contributed by atoms with E-state index in [1.54, 1.807) is 0 Å². The Bertz CT molecular complexity index is 352. The Balaban J connectivity index is 1.79. The van der Waals surface area contributed by atoms with Crippen molar-refractivity contribution in [2.75, 3.05) is 0 Å². The van der Waals surface area contributed by atoms with Crippen LogP contribution in [0, 0.1) is 5.92 Å². The highest BCUT2D eigenvalue weighted by atomic mass is 16.6. The van der Waals surface area contributed by atoms with Crippen molar-refractivity contribution < 1.29 is 4.84 Å². The van der Waals surface area contributed by atoms with Crippen LogP contribution >= 0.6 is 0 Å². The van der Waals surface area contributed by atoms with Crippen molar-refractivity contribution >= 4 is 5.71 Å². The van der Waals surface area contributed by atoms with Crippen LogP contribution < -0.4 is 0 Å². The number of oxime groups is 1. The first-order chi connectivity index (χ1) is 8.36. The fourth-order valence-corrected chi connectivity index (χ4v) is 2.38. The molecule has 0 heterocycles. The molecule has 0 bridgehead atoms. The molecule has 0 aliphatic heterocycles. The van der Waals surface area contributed by atoms with Crippen LogP contribution in [0.1, 0.15) is 44.6 Å². The van der Waals surface area contributed by atoms with Gasteiger partial charge in [-0.05, 0) is 25.3 Å². The van der Waals surface area contributed by atoms with Crippen molar-refractivity contribution in [3.63, 3.8) is 0 Å². The van der Waals surface area contributed by atoms with Crippen molar-refractivity contribution in [3.05, 3.63) is 35.9 Å². The van der Waals surface area contributed by atoms with E-state index >= 15 is 0 Å². The zero-order valence-electron chi connectivity index (χ0n) is 10.6. The second kappa shape index (κ2) is 6.43. The summed E-state index contributed by atoms with van der Waals surface area (Å²) in [4.78, 5) is 5.42. The molecule has 17 heavy (non-hydrogen) atoms. The molecule has 0 atom stereocenters. The Hall–Kier alpha value is -1.31. The summed E-state index contributed by atoms with van der Waals surface area (Å²) in [5.41, 5.74) is 2.34. The van der Waals surface area contributed by atoms with Gasteiger partial charge in [-0.1, -0.05) is 54.8 Å². The van der Waals surface area contributed by atoms with E-state index in [1.165, 1.54) is 43.4 Å². The first-order valence-electron chi connectivity index (χ1n) is 6.56. The van der Waals surface area contributed by atoms with E-state index in [2.05, 4.69) is 24.2 Å². The van der Waals surface area contributed by atoms with Crippen LogP contribution in [-0.2, 0) is 11.4 Å². The third-order valence-electron chi connectivity index (χ3n) is 3.48. The summed E-state index contributed by atoms with van der Waals surface area (Å²) < 4.78 is 0. The van der Waals surface area contributed by atoms with Crippen molar-refractivity contribution in [2.45, 2.75) is 45.6 Å². The largest absolute Gasteiger partial charge is 0.391 e. The quantitative estimate of drug-likeness (QED) is 0.563. The monoisotopic (exact) mass is 231 g/mol. The minimum atomic E-state index is 0.574. The molecule has 2 heteroatoms. The lowest BCUT2D eigenvalue weighted by molar-refractivity contribution is 0.128. The average Bonchev–Trinajstić information content (AvgIpc) is 2.41. The molecular formula is C15H21NO. The third kappa shape index (κ3) is 3.88. The molecule has 1 saturated carbocycles. The van der Waals surface area contributed by atoms with Crippen molar-refractivity contribution in [1.29, 1.82) is 0 Å². The van der Waals surface area contributed by atoms with Gasteiger partial charge >= 0.3 is 0 Å². The maximum absolute atomic E-state index is 5.42. The van der Waals surface area contributed by atoms with Crippen molar-refractivity contribution in [2.24, 2.45) is 11.1 Å². The smallest absolute Gasteiger partial charge is 0.142 e. The van der Waals surface area contributed by atoms with Gasteiger partial charge in [0.15, 0.2) is 0 Å². The molecule has 1 fully saturated rings. The number of nitrogens with zero attached hydrogens (tertiary/aromatic N) is 1. The molecule has 1 aliphatic rings. The van der Waals surface area contributed by atoms with E-state index in [9.17, 15) is 0 Å². The molecule has 1 aromatic rings. The van der Waals surface area contributed by atoms with Crippen LogP contribution in [0.5, 0.6) is 0 Å². The Morgan fingerprint density at radius 2 is 1.88 bits per heavy atom. The number of hydrogen-bond acceptors (Lipinski definition) is 2. The van der Waals surface area contributed by atoms with Gasteiger partial charge in [0.25, 0.3) is 0 Å². The zero-order valence-corrected chi connectivity index (χ0v) is 10.6. The predicted molar refractivity (Wildman–Crippen MR) is 70.9 cm³/mol. The average molecular weight is 231 g/mol. The Morgan fingerprint density at radius 3 is 2.59 bits per heavy atom. The molecule has 2 nitrogen and oxygen atoms in total. The summed E-state index contributed by atoms with van der Waals surface area (Å²) in [6.45, 7) is 2.67. The molecule has 0 radical (unpaired) electrons. The van der Waals surface area contributed by atoms with Gasteiger partial charge in [-0.25, -0.2) is 0 Å². The van der Waals surface area contributed by atoms with E-state index < -0.39 is 0 Å². The molecular weight excluding hydrogens is 210 g/mol. The van der Waals surface area contributed by atoms with Crippen LogP contribution in [0.15, 0.2) is 35.5 Å². The first kappa shape index (κ1) is 12.2. The van der Waals surface area contributed by atoms with E-state index in [-0.39, 0.29) is 0 Å². The van der Waals surface area contributed by atoms with E-state index in [1.807, 2.05) is 18.2 Å². The molecule has 0 N–H and O–H groups in total. The van der Waals surface area contributed by atoms with E-state index in [0.717, 1.165) is 0 Å². The standard InChI is InChI=1S/C15H21NO/c1-13(15-10-6-3-7-11-15)16-17-12-14-8-4-2-5-9-14/h2,4-5,8-9,15H,3,6-7,10-12H2,1H3/b16-13+. The van der Waals surface area contributed by atoms with Crippen LogP contribution in [0.2, 0.25) is 0 Å². The van der Waals surface area contributed by atoms with Gasteiger partial charge in [-0.3, -0.25) is 0 Å². The molecule has 0 amide bonds. The van der Waals surface area contributed by atoms with Crippen LogP contribution in [-0.4, -0.2) is 5.71 Å². The highest BCUT2D eigenvalue weighted by Gasteiger charge is 2.16. The summed E-state index contributed by atoms with van der Waals surface area (Å²) in [6, 6.07) is 10.2. The third-order valence-corrected chi connectivity index (χ3v) is 3.48. The lowest BCUT2D eigenvalue weighted by atomic mass is 9.86. The molecule has 92 valence electrons. The van der Waals surface area contributed by atoms with E-state index in [4.69, 9.17) is 4.84 Å². The molecule has 0 spiro atoms. The summed E-state index contributed by atoms with van der Waals surface area (Å²) in [5, 5.41) is 4.26. The number of benzene rings is 1. The molecule has 2 rings (SSSR count). The number of hydrogen-bond donors (Lipinski definition) is 0. The minimum absolute atomic E-state index is 0.574. The normalized spacial score (nSPS) is 18.1. The van der Waals surface area contributed by atoms with Crippen molar-refractivity contribution in [3.8, 4) is 0 Å². The van der Waals surface area contributed by atoms with E-state index in [0.29, 0.717) is 12.5 Å². The maximum Gasteiger partial charge on any atom is 0.142 e. The molecule has 1 aromatic carbocycles. The molecule has 1 aliphatic carbocycles. The maximum atomic E-state index is 5.42. The second-order valence-electron chi connectivity index (χ2n) is 4.83. The first-order valence-corrected chi connectivity index (χ1v) is 6.56. The van der Waals surface area contributed by atoms with Gasteiger partial charge in [0.05, 0.1) is 5.71 Å². The Morgan fingerprint density at radius 1 is 1.18 bits per heavy atom. The Labute approximate surface area is 104 Å². The summed E-state index contributed by atoms with van der Waals surface area (Å²) in [6.07, 6.45) is 6.63. The number of rotatable bonds is 4. The molecule has 0 aromatic heterocycles. The van der Waals surface area contributed by atoms with Gasteiger partial charge in [0.2, 0.25) is 0 Å². The van der Waals surface area contributed by atoms with Crippen molar-refractivity contribution in [1.82, 2.24) is 0 Å². The fourth-order valence-electron chi connectivity index (χ4n) is 2.38. The van der Waals surface area contributed by atoms with Gasteiger partial charge < -0.3 is 4.84 Å². The van der Waals surface area contributed by atoms with Gasteiger partial charge in [-0.2, -0.15) is 0 Å². The molecule has 0 saturated heterocycles. The topological polar surface area (TPSA) is 21.6 Å². The summed E-state index contributed by atoms with van der Waals surface area (Å²) in [5.74, 6) is 0.652. The SMILES string of the molecule is C/C(=N\OCc1ccccc1)C1CCCCC1. The Kier molecular flexibility index (Phi) is 4.60. The van der Waals surface area contributed by atoms with Crippen LogP contribution in [0.25, 0.3) is 0 Å². The minimum Gasteiger partial charge on any atom is -0.391 e. The van der Waals surface area contributed by atoms with Crippen LogP contribution in [0.3, 0.4) is 0 Å².